The predicted molar refractivity (Wildman–Crippen MR) is 321 cm³/mol. The molecule has 0 aromatic heterocycles. The number of carbonyl (C=O) groups is 2. The zero-order valence-electron chi connectivity index (χ0n) is 48.3. The monoisotopic (exact) mass is 1070 g/mol. The molecule has 10 heteroatoms. The number of rotatable bonds is 57. The van der Waals surface area contributed by atoms with Gasteiger partial charge in [0.15, 0.2) is 6.10 Å². The zero-order chi connectivity index (χ0) is 54.5. The topological polar surface area (TPSA) is 134 Å². The van der Waals surface area contributed by atoms with Gasteiger partial charge >= 0.3 is 19.8 Å². The van der Waals surface area contributed by atoms with Crippen molar-refractivity contribution in [3.05, 3.63) is 97.2 Å². The minimum Gasteiger partial charge on any atom is -0.462 e. The molecule has 432 valence electrons. The van der Waals surface area contributed by atoms with E-state index in [0.717, 1.165) is 103 Å². The van der Waals surface area contributed by atoms with Gasteiger partial charge in [-0.1, -0.05) is 259 Å². The minimum absolute atomic E-state index is 0.0510. The van der Waals surface area contributed by atoms with Crippen LogP contribution in [0, 0.1) is 0 Å². The van der Waals surface area contributed by atoms with Gasteiger partial charge in [0.05, 0.1) is 13.2 Å². The quantitative estimate of drug-likeness (QED) is 0.0264. The standard InChI is InChI=1S/C65H114NO8P/c1-3-5-7-9-11-13-15-17-18-19-20-21-22-23-24-25-26-27-28-29-30-31-32-33-34-35-36-37-38-39-40-41-42-43-44-46-48-50-52-54-56-58-65(68)74-63(62-73-75(69,70)72-60-59-66)61-71-64(67)57-55-53-51-49-47-45-16-14-12-10-8-6-4-2/h5,7,11,13-14,16-18,20-21,23-24,26-27,29-30,63H,3-4,6,8-10,12,15,19,22,25,28,31-62,66H2,1-2H3,(H,69,70)/b7-5-,13-11-,16-14-,18-17-,21-20-,24-23-,27-26-,30-29-. The molecule has 0 saturated carbocycles. The molecule has 0 aliphatic heterocycles. The van der Waals surface area contributed by atoms with E-state index in [4.69, 9.17) is 24.3 Å². The Morgan fingerprint density at radius 3 is 1.11 bits per heavy atom. The van der Waals surface area contributed by atoms with Crippen LogP contribution in [0.5, 0.6) is 0 Å². The summed E-state index contributed by atoms with van der Waals surface area (Å²) in [5.74, 6) is -0.833. The van der Waals surface area contributed by atoms with E-state index < -0.39 is 26.5 Å². The summed E-state index contributed by atoms with van der Waals surface area (Å²) in [6.07, 6.45) is 80.6. The van der Waals surface area contributed by atoms with Gasteiger partial charge in [0, 0.05) is 19.4 Å². The Hall–Kier alpha value is -3.07. The van der Waals surface area contributed by atoms with Crippen LogP contribution in [0.15, 0.2) is 97.2 Å². The van der Waals surface area contributed by atoms with Gasteiger partial charge in [-0.05, 0) is 96.3 Å². The fraction of sp³-hybridized carbons (Fsp3) is 0.723. The third-order valence-electron chi connectivity index (χ3n) is 13.0. The minimum atomic E-state index is -4.39. The molecular formula is C65H114NO8P. The van der Waals surface area contributed by atoms with Crippen molar-refractivity contribution in [2.45, 2.75) is 277 Å². The van der Waals surface area contributed by atoms with Gasteiger partial charge in [0.2, 0.25) is 0 Å². The Morgan fingerprint density at radius 2 is 0.733 bits per heavy atom. The summed E-state index contributed by atoms with van der Waals surface area (Å²) >= 11 is 0. The van der Waals surface area contributed by atoms with Crippen LogP contribution in [0.2, 0.25) is 0 Å². The van der Waals surface area contributed by atoms with Crippen molar-refractivity contribution in [1.82, 2.24) is 0 Å². The second kappa shape index (κ2) is 60.2. The lowest BCUT2D eigenvalue weighted by Gasteiger charge is -2.19. The third-order valence-corrected chi connectivity index (χ3v) is 13.9. The number of esters is 2. The molecule has 0 bridgehead atoms. The number of hydrogen-bond acceptors (Lipinski definition) is 8. The van der Waals surface area contributed by atoms with Crippen molar-refractivity contribution in [3.8, 4) is 0 Å². The molecule has 9 nitrogen and oxygen atoms in total. The van der Waals surface area contributed by atoms with E-state index >= 15 is 0 Å². The third kappa shape index (κ3) is 60.0. The van der Waals surface area contributed by atoms with Gasteiger partial charge in [-0.25, -0.2) is 4.57 Å². The number of phosphoric ester groups is 1. The van der Waals surface area contributed by atoms with Gasteiger partial charge in [-0.2, -0.15) is 0 Å². The van der Waals surface area contributed by atoms with E-state index in [2.05, 4.69) is 111 Å². The number of phosphoric acid groups is 1. The van der Waals surface area contributed by atoms with Gasteiger partial charge in [-0.15, -0.1) is 0 Å². The first-order chi connectivity index (χ1) is 36.8. The Labute approximate surface area is 461 Å². The van der Waals surface area contributed by atoms with Crippen molar-refractivity contribution in [1.29, 1.82) is 0 Å². The fourth-order valence-corrected chi connectivity index (χ4v) is 9.20. The summed E-state index contributed by atoms with van der Waals surface area (Å²) in [4.78, 5) is 35.1. The van der Waals surface area contributed by atoms with Crippen LogP contribution < -0.4 is 5.73 Å². The van der Waals surface area contributed by atoms with Crippen LogP contribution in [0.25, 0.3) is 0 Å². The molecule has 0 aromatic rings. The molecule has 0 amide bonds. The average molecular weight is 1070 g/mol. The molecule has 75 heavy (non-hydrogen) atoms. The maximum atomic E-state index is 12.7. The summed E-state index contributed by atoms with van der Waals surface area (Å²) in [6, 6.07) is 0. The van der Waals surface area contributed by atoms with Crippen LogP contribution in [-0.2, 0) is 32.7 Å². The smallest absolute Gasteiger partial charge is 0.462 e. The molecule has 0 heterocycles. The number of allylic oxidation sites excluding steroid dienone is 16. The van der Waals surface area contributed by atoms with Crippen LogP contribution in [0.3, 0.4) is 0 Å². The Balaban J connectivity index is 3.81. The van der Waals surface area contributed by atoms with Gasteiger partial charge in [0.25, 0.3) is 0 Å². The maximum absolute atomic E-state index is 12.7. The van der Waals surface area contributed by atoms with E-state index in [0.29, 0.717) is 6.42 Å². The largest absolute Gasteiger partial charge is 0.472 e. The highest BCUT2D eigenvalue weighted by atomic mass is 31.2. The van der Waals surface area contributed by atoms with Crippen molar-refractivity contribution < 1.29 is 37.6 Å². The normalized spacial score (nSPS) is 13.7. The van der Waals surface area contributed by atoms with E-state index in [1.54, 1.807) is 0 Å². The van der Waals surface area contributed by atoms with Gasteiger partial charge in [-0.3, -0.25) is 18.6 Å². The molecule has 0 aliphatic carbocycles. The molecule has 0 aromatic carbocycles. The molecule has 2 atom stereocenters. The second-order valence-electron chi connectivity index (χ2n) is 20.2. The van der Waals surface area contributed by atoms with Crippen LogP contribution >= 0.6 is 7.82 Å². The fourth-order valence-electron chi connectivity index (χ4n) is 8.44. The van der Waals surface area contributed by atoms with Crippen LogP contribution in [-0.4, -0.2) is 49.3 Å². The van der Waals surface area contributed by atoms with Crippen molar-refractivity contribution in [2.24, 2.45) is 5.73 Å². The summed E-state index contributed by atoms with van der Waals surface area (Å²) in [5.41, 5.74) is 5.37. The van der Waals surface area contributed by atoms with Gasteiger partial charge < -0.3 is 20.1 Å². The number of carbonyl (C=O) groups excluding carboxylic acids is 2. The lowest BCUT2D eigenvalue weighted by molar-refractivity contribution is -0.161. The number of hydrogen-bond donors (Lipinski definition) is 2. The average Bonchev–Trinajstić information content (AvgIpc) is 3.40. The first kappa shape index (κ1) is 71.9. The van der Waals surface area contributed by atoms with Crippen LogP contribution in [0.1, 0.15) is 271 Å². The van der Waals surface area contributed by atoms with Gasteiger partial charge in [0.1, 0.15) is 6.61 Å². The SMILES string of the molecule is CC/C=C\C/C=C\C/C=C\C/C=C\C/C=C\C/C=C\C/C=C\CCCCCCCCCCCCCCCCCCCCCC(=O)OC(COC(=O)CCCCCCC/C=C\CCCCCC)COP(=O)(O)OCCN. The lowest BCUT2D eigenvalue weighted by Crippen LogP contribution is -2.29. The highest BCUT2D eigenvalue weighted by molar-refractivity contribution is 7.47. The van der Waals surface area contributed by atoms with E-state index in [9.17, 15) is 19.0 Å². The molecule has 0 saturated heterocycles. The molecule has 0 aliphatic rings. The molecule has 0 fully saturated rings. The Bertz CT molecular complexity index is 1550. The predicted octanol–water partition coefficient (Wildman–Crippen LogP) is 19.6. The summed E-state index contributed by atoms with van der Waals surface area (Å²) in [5, 5.41) is 0. The van der Waals surface area contributed by atoms with Crippen LogP contribution in [0.4, 0.5) is 0 Å². The molecule has 3 N–H and O–H groups in total. The highest BCUT2D eigenvalue weighted by Gasteiger charge is 2.26. The molecule has 0 spiro atoms. The highest BCUT2D eigenvalue weighted by Crippen LogP contribution is 2.43. The Morgan fingerprint density at radius 1 is 0.413 bits per heavy atom. The first-order valence-corrected chi connectivity index (χ1v) is 32.2. The first-order valence-electron chi connectivity index (χ1n) is 30.7. The van der Waals surface area contributed by atoms with Crippen molar-refractivity contribution >= 4 is 19.8 Å². The lowest BCUT2D eigenvalue weighted by atomic mass is 10.0. The molecular weight excluding hydrogens is 954 g/mol. The molecule has 2 unspecified atom stereocenters. The Kier molecular flexibility index (Phi) is 57.7. The molecule has 0 rings (SSSR count). The summed E-state index contributed by atoms with van der Waals surface area (Å²) in [6.45, 7) is 3.61. The summed E-state index contributed by atoms with van der Waals surface area (Å²) in [7, 11) is -4.39. The van der Waals surface area contributed by atoms with E-state index in [1.165, 1.54) is 135 Å². The molecule has 0 radical (unpaired) electrons. The second-order valence-corrected chi connectivity index (χ2v) is 21.6. The number of unbranched alkanes of at least 4 members (excludes halogenated alkanes) is 28. The maximum Gasteiger partial charge on any atom is 0.472 e. The van der Waals surface area contributed by atoms with E-state index in [1.807, 2.05) is 0 Å². The summed E-state index contributed by atoms with van der Waals surface area (Å²) < 4.78 is 33.0. The van der Waals surface area contributed by atoms with Crippen molar-refractivity contribution in [3.63, 3.8) is 0 Å². The van der Waals surface area contributed by atoms with E-state index in [-0.39, 0.29) is 38.6 Å². The zero-order valence-corrected chi connectivity index (χ0v) is 49.2. The number of nitrogens with two attached hydrogens (primary N) is 1. The van der Waals surface area contributed by atoms with Crippen molar-refractivity contribution in [2.75, 3.05) is 26.4 Å². The number of ether oxygens (including phenoxy) is 2.